The smallest absolute Gasteiger partial charge is 0.490 e. The second-order valence-electron chi connectivity index (χ2n) is 8.18. The maximum absolute atomic E-state index is 10.6. The van der Waals surface area contributed by atoms with E-state index in [1.165, 1.54) is 11.1 Å². The predicted molar refractivity (Wildman–Crippen MR) is 130 cm³/mol. The summed E-state index contributed by atoms with van der Waals surface area (Å²) in [4.78, 5) is 13.6. The third kappa shape index (κ3) is 6.75. The SMILES string of the molecule is COc1cccc(-c2cccc(CCC3(C)N=C(N)c4ccccc4N3)c2)c1.O=C(O)C(F)(F)F. The first kappa shape index (κ1) is 25.6. The van der Waals surface area contributed by atoms with E-state index < -0.39 is 17.8 Å². The van der Waals surface area contributed by atoms with Crippen LogP contribution in [0.5, 0.6) is 5.75 Å². The summed E-state index contributed by atoms with van der Waals surface area (Å²) in [5.74, 6) is -1.29. The van der Waals surface area contributed by atoms with Crippen molar-refractivity contribution in [2.24, 2.45) is 10.7 Å². The Kier molecular flexibility index (Phi) is 7.68. The molecule has 1 unspecified atom stereocenters. The molecular weight excluding hydrogens is 459 g/mol. The highest BCUT2D eigenvalue weighted by Gasteiger charge is 2.38. The average molecular weight is 486 g/mol. The number of carboxylic acids is 1. The summed E-state index contributed by atoms with van der Waals surface area (Å²) < 4.78 is 37.1. The van der Waals surface area contributed by atoms with Crippen LogP contribution in [-0.2, 0) is 11.2 Å². The van der Waals surface area contributed by atoms with Crippen LogP contribution in [0.2, 0.25) is 0 Å². The molecule has 6 nitrogen and oxygen atoms in total. The van der Waals surface area contributed by atoms with Crippen LogP contribution < -0.4 is 15.8 Å². The number of hydrogen-bond donors (Lipinski definition) is 3. The fourth-order valence-corrected chi connectivity index (χ4v) is 3.67. The number of fused-ring (bicyclic) bond motifs is 1. The molecule has 4 rings (SSSR count). The predicted octanol–water partition coefficient (Wildman–Crippen LogP) is 5.48. The van der Waals surface area contributed by atoms with Crippen LogP contribution in [0.4, 0.5) is 18.9 Å². The Hall–Kier alpha value is -4.01. The van der Waals surface area contributed by atoms with Gasteiger partial charge in [-0.05, 0) is 60.7 Å². The first-order chi connectivity index (χ1) is 16.5. The van der Waals surface area contributed by atoms with Crippen molar-refractivity contribution in [3.63, 3.8) is 0 Å². The van der Waals surface area contributed by atoms with Gasteiger partial charge in [0.05, 0.1) is 7.11 Å². The summed E-state index contributed by atoms with van der Waals surface area (Å²) in [6.07, 6.45) is -3.33. The fraction of sp³-hybridized carbons (Fsp3) is 0.231. The summed E-state index contributed by atoms with van der Waals surface area (Å²) in [6, 6.07) is 24.8. The largest absolute Gasteiger partial charge is 0.497 e. The molecule has 3 aromatic carbocycles. The molecule has 0 spiro atoms. The second kappa shape index (κ2) is 10.5. The molecule has 9 heteroatoms. The number of hydrogen-bond acceptors (Lipinski definition) is 5. The van der Waals surface area contributed by atoms with Crippen molar-refractivity contribution in [3.05, 3.63) is 83.9 Å². The molecule has 0 fully saturated rings. The molecule has 3 aromatic rings. The van der Waals surface area contributed by atoms with E-state index in [2.05, 4.69) is 54.7 Å². The number of aryl methyl sites for hydroxylation is 1. The number of rotatable bonds is 5. The highest BCUT2D eigenvalue weighted by atomic mass is 19.4. The molecule has 0 saturated heterocycles. The molecule has 0 bridgehead atoms. The lowest BCUT2D eigenvalue weighted by molar-refractivity contribution is -0.192. The molecule has 1 aliphatic heterocycles. The quantitative estimate of drug-likeness (QED) is 0.445. The maximum Gasteiger partial charge on any atom is 0.490 e. The summed E-state index contributed by atoms with van der Waals surface area (Å²) in [6.45, 7) is 2.10. The maximum atomic E-state index is 10.6. The molecule has 0 amide bonds. The Morgan fingerprint density at radius 2 is 1.69 bits per heavy atom. The van der Waals surface area contributed by atoms with E-state index in [-0.39, 0.29) is 0 Å². The van der Waals surface area contributed by atoms with Gasteiger partial charge in [0.15, 0.2) is 0 Å². The number of amidine groups is 1. The minimum absolute atomic E-state index is 0.412. The lowest BCUT2D eigenvalue weighted by Crippen LogP contribution is -2.40. The zero-order valence-electron chi connectivity index (χ0n) is 19.3. The molecule has 1 heterocycles. The fourth-order valence-electron chi connectivity index (χ4n) is 3.67. The number of anilines is 1. The van der Waals surface area contributed by atoms with Gasteiger partial charge in [0, 0.05) is 11.3 Å². The van der Waals surface area contributed by atoms with E-state index in [1.807, 2.05) is 30.3 Å². The molecule has 1 aliphatic rings. The monoisotopic (exact) mass is 485 g/mol. The lowest BCUT2D eigenvalue weighted by Gasteiger charge is -2.33. The molecule has 0 radical (unpaired) electrons. The molecule has 35 heavy (non-hydrogen) atoms. The van der Waals surface area contributed by atoms with Crippen LogP contribution in [0.3, 0.4) is 0 Å². The number of benzene rings is 3. The number of halogens is 3. The van der Waals surface area contributed by atoms with Gasteiger partial charge in [0.1, 0.15) is 17.2 Å². The van der Waals surface area contributed by atoms with E-state index >= 15 is 0 Å². The van der Waals surface area contributed by atoms with Crippen LogP contribution in [0.15, 0.2) is 77.8 Å². The van der Waals surface area contributed by atoms with Crippen molar-refractivity contribution in [1.82, 2.24) is 0 Å². The lowest BCUT2D eigenvalue weighted by atomic mass is 9.96. The third-order valence-corrected chi connectivity index (χ3v) is 5.45. The van der Waals surface area contributed by atoms with Crippen LogP contribution in [0.1, 0.15) is 24.5 Å². The van der Waals surface area contributed by atoms with Crippen molar-refractivity contribution in [2.75, 3.05) is 12.4 Å². The number of aliphatic carboxylic acids is 1. The van der Waals surface area contributed by atoms with Crippen molar-refractivity contribution in [3.8, 4) is 16.9 Å². The number of carbonyl (C=O) groups is 1. The molecule has 0 aliphatic carbocycles. The van der Waals surface area contributed by atoms with Gasteiger partial charge in [-0.2, -0.15) is 13.2 Å². The van der Waals surface area contributed by atoms with Gasteiger partial charge in [-0.3, -0.25) is 0 Å². The van der Waals surface area contributed by atoms with Gasteiger partial charge >= 0.3 is 12.1 Å². The molecule has 4 N–H and O–H groups in total. The number of alkyl halides is 3. The molecule has 0 aromatic heterocycles. The number of para-hydroxylation sites is 1. The van der Waals surface area contributed by atoms with Crippen molar-refractivity contribution >= 4 is 17.5 Å². The summed E-state index contributed by atoms with van der Waals surface area (Å²) in [7, 11) is 1.69. The number of carboxylic acid groups (broad SMARTS) is 1. The Balaban J connectivity index is 0.000000429. The van der Waals surface area contributed by atoms with E-state index in [0.29, 0.717) is 5.84 Å². The number of nitrogens with one attached hydrogen (secondary N) is 1. The van der Waals surface area contributed by atoms with Gasteiger partial charge in [-0.25, -0.2) is 9.79 Å². The van der Waals surface area contributed by atoms with Crippen molar-refractivity contribution in [1.29, 1.82) is 0 Å². The number of aliphatic imine (C=N–C) groups is 1. The number of nitrogens with zero attached hydrogens (tertiary/aromatic N) is 1. The molecule has 1 atom stereocenters. The number of nitrogens with two attached hydrogens (primary N) is 1. The molecular formula is C26H26F3N3O3. The van der Waals surface area contributed by atoms with Crippen LogP contribution in [-0.4, -0.2) is 35.9 Å². The van der Waals surface area contributed by atoms with E-state index in [9.17, 15) is 13.2 Å². The Morgan fingerprint density at radius 1 is 1.06 bits per heavy atom. The minimum Gasteiger partial charge on any atom is -0.497 e. The van der Waals surface area contributed by atoms with Gasteiger partial charge in [0.25, 0.3) is 0 Å². The molecule has 184 valence electrons. The van der Waals surface area contributed by atoms with Crippen LogP contribution in [0.25, 0.3) is 11.1 Å². The number of ether oxygens (including phenoxy) is 1. The second-order valence-corrected chi connectivity index (χ2v) is 8.18. The summed E-state index contributed by atoms with van der Waals surface area (Å²) in [5.41, 5.74) is 11.4. The summed E-state index contributed by atoms with van der Waals surface area (Å²) >= 11 is 0. The van der Waals surface area contributed by atoms with Gasteiger partial charge < -0.3 is 20.9 Å². The van der Waals surface area contributed by atoms with E-state index in [0.717, 1.165) is 35.4 Å². The molecule has 0 saturated carbocycles. The average Bonchev–Trinajstić information content (AvgIpc) is 2.83. The third-order valence-electron chi connectivity index (χ3n) is 5.45. The van der Waals surface area contributed by atoms with Gasteiger partial charge in [-0.15, -0.1) is 0 Å². The number of methoxy groups -OCH3 is 1. The summed E-state index contributed by atoms with van der Waals surface area (Å²) in [5, 5.41) is 10.7. The van der Waals surface area contributed by atoms with Gasteiger partial charge in [0.2, 0.25) is 0 Å². The van der Waals surface area contributed by atoms with Crippen molar-refractivity contribution < 1.29 is 27.8 Å². The minimum atomic E-state index is -5.08. The van der Waals surface area contributed by atoms with E-state index in [1.54, 1.807) is 7.11 Å². The van der Waals surface area contributed by atoms with Gasteiger partial charge in [-0.1, -0.05) is 48.5 Å². The zero-order valence-corrected chi connectivity index (χ0v) is 19.3. The highest BCUT2D eigenvalue weighted by Crippen LogP contribution is 2.30. The zero-order chi connectivity index (χ0) is 25.6. The normalized spacial score (nSPS) is 16.7. The van der Waals surface area contributed by atoms with Crippen LogP contribution in [0, 0.1) is 0 Å². The van der Waals surface area contributed by atoms with Crippen LogP contribution >= 0.6 is 0 Å². The Labute approximate surface area is 201 Å². The Bertz CT molecular complexity index is 1230. The Morgan fingerprint density at radius 3 is 2.34 bits per heavy atom. The first-order valence-electron chi connectivity index (χ1n) is 10.8. The van der Waals surface area contributed by atoms with Crippen molar-refractivity contribution in [2.45, 2.75) is 31.6 Å². The first-order valence-corrected chi connectivity index (χ1v) is 10.8. The topological polar surface area (TPSA) is 96.9 Å². The highest BCUT2D eigenvalue weighted by molar-refractivity contribution is 6.04. The van der Waals surface area contributed by atoms with E-state index in [4.69, 9.17) is 25.4 Å². The standard InChI is InChI=1S/C24H25N3O.C2HF3O2/c1-24(26-22-12-4-3-11-21(22)23(25)27-24)14-13-17-7-5-8-18(15-17)19-9-6-10-20(16-19)28-2;3-2(4,5)1(6)7/h3-12,15-16,26H,13-14H2,1-2H3,(H2,25,27);(H,6,7).